The van der Waals surface area contributed by atoms with E-state index in [-0.39, 0.29) is 43.7 Å². The minimum absolute atomic E-state index is 0. The van der Waals surface area contributed by atoms with Crippen LogP contribution in [0, 0.1) is 5.92 Å². The second-order valence-corrected chi connectivity index (χ2v) is 2.57. The van der Waals surface area contributed by atoms with Crippen LogP contribution < -0.4 is 5.11 Å². The summed E-state index contributed by atoms with van der Waals surface area (Å²) in [6.07, 6.45) is 3.52. The van der Waals surface area contributed by atoms with Crippen molar-refractivity contribution in [3.05, 3.63) is 0 Å². The van der Waals surface area contributed by atoms with E-state index >= 15 is 0 Å². The van der Waals surface area contributed by atoms with Gasteiger partial charge in [0.1, 0.15) is 0 Å². The standard InChI is InChI=1S/C8H16O2.Ca/c1-3-5-6-7(4-2)8(9)10;/h7H,3-6H2,1-2H3,(H,9,10);/p-1. The van der Waals surface area contributed by atoms with E-state index in [1.165, 1.54) is 0 Å². The van der Waals surface area contributed by atoms with Crippen LogP contribution in [0.5, 0.6) is 0 Å². The summed E-state index contributed by atoms with van der Waals surface area (Å²) in [5.41, 5.74) is 0. The molecule has 0 N–H and O–H groups in total. The van der Waals surface area contributed by atoms with Crippen molar-refractivity contribution in [1.29, 1.82) is 0 Å². The first kappa shape index (κ1) is 14.3. The van der Waals surface area contributed by atoms with E-state index in [1.54, 1.807) is 0 Å². The Bertz CT molecular complexity index is 104. The summed E-state index contributed by atoms with van der Waals surface area (Å²) < 4.78 is 0. The molecule has 0 rings (SSSR count). The number of hydrogen-bond donors (Lipinski definition) is 0. The van der Waals surface area contributed by atoms with Crippen LogP contribution in [0.1, 0.15) is 39.5 Å². The zero-order valence-corrected chi connectivity index (χ0v) is 9.64. The zero-order chi connectivity index (χ0) is 7.98. The fourth-order valence-corrected chi connectivity index (χ4v) is 0.939. The van der Waals surface area contributed by atoms with Gasteiger partial charge in [-0.3, -0.25) is 0 Å². The summed E-state index contributed by atoms with van der Waals surface area (Å²) in [4.78, 5) is 10.3. The van der Waals surface area contributed by atoms with Gasteiger partial charge in [0.05, 0.1) is 0 Å². The van der Waals surface area contributed by atoms with E-state index < -0.39 is 5.97 Å². The first-order valence-corrected chi connectivity index (χ1v) is 3.93. The first-order valence-electron chi connectivity index (χ1n) is 3.93. The molecule has 0 spiro atoms. The van der Waals surface area contributed by atoms with Crippen molar-refractivity contribution in [2.24, 2.45) is 5.92 Å². The molecular formula is C8H15CaO2-. The van der Waals surface area contributed by atoms with Gasteiger partial charge in [-0.2, -0.15) is 0 Å². The van der Waals surface area contributed by atoms with Gasteiger partial charge in [0.25, 0.3) is 0 Å². The molecule has 0 bridgehead atoms. The average molecular weight is 183 g/mol. The number of carbonyl (C=O) groups is 1. The van der Waals surface area contributed by atoms with Crippen molar-refractivity contribution in [2.75, 3.05) is 0 Å². The van der Waals surface area contributed by atoms with Crippen molar-refractivity contribution < 1.29 is 9.90 Å². The van der Waals surface area contributed by atoms with Crippen LogP contribution in [0.3, 0.4) is 0 Å². The number of hydrogen-bond acceptors (Lipinski definition) is 2. The van der Waals surface area contributed by atoms with Gasteiger partial charge >= 0.3 is 0 Å². The predicted octanol–water partition coefficient (Wildman–Crippen LogP) is 0.572. The van der Waals surface area contributed by atoms with Gasteiger partial charge in [0.15, 0.2) is 0 Å². The van der Waals surface area contributed by atoms with Gasteiger partial charge < -0.3 is 9.90 Å². The average Bonchev–Trinajstić information content (AvgIpc) is 1.89. The minimum Gasteiger partial charge on any atom is -0.550 e. The zero-order valence-electron chi connectivity index (χ0n) is 7.43. The summed E-state index contributed by atoms with van der Waals surface area (Å²) in [5, 5.41) is 10.3. The number of carbonyl (C=O) groups excluding carboxylic acids is 1. The van der Waals surface area contributed by atoms with Crippen LogP contribution in [-0.2, 0) is 4.79 Å². The van der Waals surface area contributed by atoms with Gasteiger partial charge in [0.2, 0.25) is 0 Å². The molecule has 0 aliphatic heterocycles. The Morgan fingerprint density at radius 3 is 2.27 bits per heavy atom. The van der Waals surface area contributed by atoms with Crippen LogP contribution >= 0.6 is 0 Å². The molecule has 2 nitrogen and oxygen atoms in total. The number of carboxylic acid groups (broad SMARTS) is 1. The molecule has 0 aromatic heterocycles. The van der Waals surface area contributed by atoms with Gasteiger partial charge in [-0.25, -0.2) is 0 Å². The van der Waals surface area contributed by atoms with Crippen LogP contribution in [-0.4, -0.2) is 43.7 Å². The summed E-state index contributed by atoms with van der Waals surface area (Å²) in [6, 6.07) is 0. The van der Waals surface area contributed by atoms with Crippen molar-refractivity contribution in [3.8, 4) is 0 Å². The second-order valence-electron chi connectivity index (χ2n) is 2.57. The first-order chi connectivity index (χ1) is 4.72. The second kappa shape index (κ2) is 8.82. The fraction of sp³-hybridized carbons (Fsp3) is 0.875. The molecule has 0 heterocycles. The molecule has 11 heavy (non-hydrogen) atoms. The van der Waals surface area contributed by atoms with Crippen LogP contribution in [0.4, 0.5) is 0 Å². The smallest absolute Gasteiger partial charge is 0.0445 e. The molecule has 0 aliphatic rings. The van der Waals surface area contributed by atoms with Crippen LogP contribution in [0.2, 0.25) is 0 Å². The molecule has 3 heteroatoms. The van der Waals surface area contributed by atoms with E-state index in [0.29, 0.717) is 6.42 Å². The Kier molecular flexibility index (Phi) is 11.4. The Morgan fingerprint density at radius 1 is 1.45 bits per heavy atom. The molecule has 0 aliphatic carbocycles. The van der Waals surface area contributed by atoms with Gasteiger partial charge in [-0.15, -0.1) is 0 Å². The topological polar surface area (TPSA) is 40.1 Å². The monoisotopic (exact) mass is 183 g/mol. The van der Waals surface area contributed by atoms with E-state index in [4.69, 9.17) is 0 Å². The fourth-order valence-electron chi connectivity index (χ4n) is 0.939. The molecule has 1 unspecified atom stereocenters. The van der Waals surface area contributed by atoms with Crippen LogP contribution in [0.25, 0.3) is 0 Å². The maximum atomic E-state index is 10.3. The Labute approximate surface area is 98.4 Å². The molecule has 2 radical (unpaired) electrons. The van der Waals surface area contributed by atoms with Crippen molar-refractivity contribution >= 4 is 43.7 Å². The number of aliphatic carboxylic acids is 1. The summed E-state index contributed by atoms with van der Waals surface area (Å²) in [6.45, 7) is 3.94. The van der Waals surface area contributed by atoms with Gasteiger partial charge in [0, 0.05) is 43.7 Å². The Morgan fingerprint density at radius 2 is 2.00 bits per heavy atom. The summed E-state index contributed by atoms with van der Waals surface area (Å²) in [5.74, 6) is -1.11. The van der Waals surface area contributed by atoms with Crippen LogP contribution in [0.15, 0.2) is 0 Å². The van der Waals surface area contributed by atoms with Gasteiger partial charge in [-0.05, 0) is 18.8 Å². The molecule has 0 amide bonds. The SMILES string of the molecule is CCCCC(CC)C(=O)[O-].[Ca]. The predicted molar refractivity (Wildman–Crippen MR) is 44.1 cm³/mol. The summed E-state index contributed by atoms with van der Waals surface area (Å²) >= 11 is 0. The molecule has 1 atom stereocenters. The number of unbranched alkanes of at least 4 members (excludes halogenated alkanes) is 1. The minimum atomic E-state index is -0.893. The van der Waals surface area contributed by atoms with E-state index in [9.17, 15) is 9.90 Å². The third-order valence-corrected chi connectivity index (χ3v) is 1.73. The summed E-state index contributed by atoms with van der Waals surface area (Å²) in [7, 11) is 0. The molecule has 0 saturated heterocycles. The molecule has 0 fully saturated rings. The molecule has 0 aromatic rings. The van der Waals surface area contributed by atoms with E-state index in [1.807, 2.05) is 6.92 Å². The maximum absolute atomic E-state index is 10.3. The molecule has 0 aromatic carbocycles. The molecular weight excluding hydrogens is 168 g/mol. The normalized spacial score (nSPS) is 11.8. The maximum Gasteiger partial charge on any atom is 0.0445 e. The number of carboxylic acids is 1. The van der Waals surface area contributed by atoms with E-state index in [0.717, 1.165) is 19.3 Å². The molecule has 62 valence electrons. The van der Waals surface area contributed by atoms with E-state index in [2.05, 4.69) is 6.92 Å². The third-order valence-electron chi connectivity index (χ3n) is 1.73. The van der Waals surface area contributed by atoms with Crippen molar-refractivity contribution in [1.82, 2.24) is 0 Å². The third kappa shape index (κ3) is 7.10. The van der Waals surface area contributed by atoms with Crippen molar-refractivity contribution in [2.45, 2.75) is 39.5 Å². The largest absolute Gasteiger partial charge is 0.550 e. The van der Waals surface area contributed by atoms with Crippen molar-refractivity contribution in [3.63, 3.8) is 0 Å². The number of rotatable bonds is 5. The quantitative estimate of drug-likeness (QED) is 0.585. The Hall–Kier alpha value is 0.730. The Balaban J connectivity index is 0. The molecule has 0 saturated carbocycles. The van der Waals surface area contributed by atoms with Gasteiger partial charge in [-0.1, -0.05) is 26.7 Å².